The zero-order valence-electron chi connectivity index (χ0n) is 24.4. The molecule has 0 aliphatic carbocycles. The quantitative estimate of drug-likeness (QED) is 0.109. The normalized spacial score (nSPS) is 12.1. The first-order valence-corrected chi connectivity index (χ1v) is 13.1. The van der Waals surface area contributed by atoms with Crippen molar-refractivity contribution in [3.63, 3.8) is 0 Å². The van der Waals surface area contributed by atoms with E-state index in [1.807, 2.05) is 38.1 Å². The van der Waals surface area contributed by atoms with E-state index in [0.29, 0.717) is 30.2 Å². The molecule has 0 radical (unpaired) electrons. The number of aldehydes is 1. The third kappa shape index (κ3) is 14.9. The maximum Gasteiger partial charge on any atom is 0.183 e. The number of hydrogen-bond donors (Lipinski definition) is 0. The van der Waals surface area contributed by atoms with Gasteiger partial charge >= 0.3 is 0 Å². The summed E-state index contributed by atoms with van der Waals surface area (Å²) in [4.78, 5) is 19.9. The molecule has 0 unspecified atom stereocenters. The number of oxime groups is 2. The molecule has 2 aromatic carbocycles. The Morgan fingerprint density at radius 3 is 1.59 bits per heavy atom. The second kappa shape index (κ2) is 23.9. The molecule has 0 bridgehead atoms. The highest BCUT2D eigenvalue weighted by molar-refractivity contribution is 6.13. The Balaban J connectivity index is 0.000000667. The smallest absolute Gasteiger partial charge is 0.183 e. The van der Waals surface area contributed by atoms with Crippen molar-refractivity contribution in [2.24, 2.45) is 10.3 Å². The molecule has 1 aliphatic rings. The van der Waals surface area contributed by atoms with Crippen molar-refractivity contribution in [2.75, 3.05) is 40.6 Å². The number of hydrogen-bond acceptors (Lipinski definition) is 8. The van der Waals surface area contributed by atoms with Crippen LogP contribution < -0.4 is 0 Å². The molecule has 1 fully saturated rings. The Morgan fingerprint density at radius 1 is 0.829 bits per heavy atom. The maximum atomic E-state index is 10.5. The van der Waals surface area contributed by atoms with Crippen LogP contribution in [0, 0.1) is 23.7 Å². The summed E-state index contributed by atoms with van der Waals surface area (Å²) in [7, 11) is 2.98. The van der Waals surface area contributed by atoms with Crippen LogP contribution in [0.2, 0.25) is 0 Å². The third-order valence-corrected chi connectivity index (χ3v) is 5.09. The molecule has 8 nitrogen and oxygen atoms in total. The van der Waals surface area contributed by atoms with Crippen LogP contribution in [-0.4, -0.2) is 58.4 Å². The third-order valence-electron chi connectivity index (χ3n) is 5.09. The molecule has 41 heavy (non-hydrogen) atoms. The van der Waals surface area contributed by atoms with Gasteiger partial charge in [0.1, 0.15) is 20.5 Å². The number of ether oxygens (including phenoxy) is 3. The van der Waals surface area contributed by atoms with Crippen molar-refractivity contribution < 1.29 is 28.7 Å². The summed E-state index contributed by atoms with van der Waals surface area (Å²) >= 11 is 0. The SMILES string of the molecule is C.C1CCOC1.CC#C/C(=N/OC)c1ccc(C(OCC)OCC)cc1.CC#C/C(=N/OC)c1ccc(C=O)cc1. The van der Waals surface area contributed by atoms with Gasteiger partial charge in [0.2, 0.25) is 0 Å². The van der Waals surface area contributed by atoms with Gasteiger partial charge in [-0.15, -0.1) is 0 Å². The minimum Gasteiger partial charge on any atom is -0.398 e. The second-order valence-electron chi connectivity index (χ2n) is 7.92. The predicted molar refractivity (Wildman–Crippen MR) is 165 cm³/mol. The second-order valence-corrected chi connectivity index (χ2v) is 7.92. The molecular formula is C33H44N2O6. The van der Waals surface area contributed by atoms with Crippen molar-refractivity contribution in [1.82, 2.24) is 0 Å². The lowest BCUT2D eigenvalue weighted by atomic mass is 10.1. The molecule has 0 aromatic heterocycles. The van der Waals surface area contributed by atoms with Crippen LogP contribution in [0.5, 0.6) is 0 Å². The number of carbonyl (C=O) groups excluding carboxylic acids is 1. The highest BCUT2D eigenvalue weighted by atomic mass is 16.7. The Kier molecular flexibility index (Phi) is 21.6. The van der Waals surface area contributed by atoms with Gasteiger partial charge in [-0.05, 0) is 52.4 Å². The summed E-state index contributed by atoms with van der Waals surface area (Å²) in [6.07, 6.45) is 3.02. The van der Waals surface area contributed by atoms with Crippen molar-refractivity contribution >= 4 is 17.7 Å². The molecule has 1 saturated heterocycles. The van der Waals surface area contributed by atoms with Gasteiger partial charge in [0.15, 0.2) is 17.7 Å². The fourth-order valence-corrected chi connectivity index (χ4v) is 3.29. The molecule has 3 rings (SSSR count). The Hall–Kier alpha value is -3.95. The van der Waals surface area contributed by atoms with Crippen LogP contribution in [0.4, 0.5) is 0 Å². The van der Waals surface area contributed by atoms with Gasteiger partial charge < -0.3 is 23.9 Å². The maximum absolute atomic E-state index is 10.5. The fraction of sp³-hybridized carbons (Fsp3) is 0.424. The molecule has 0 spiro atoms. The van der Waals surface area contributed by atoms with Crippen LogP contribution in [-0.2, 0) is 23.9 Å². The fourth-order valence-electron chi connectivity index (χ4n) is 3.29. The van der Waals surface area contributed by atoms with E-state index in [1.54, 1.807) is 38.1 Å². The van der Waals surface area contributed by atoms with E-state index >= 15 is 0 Å². The monoisotopic (exact) mass is 564 g/mol. The Morgan fingerprint density at radius 2 is 1.27 bits per heavy atom. The number of nitrogens with zero attached hydrogens (tertiary/aromatic N) is 2. The molecule has 0 saturated carbocycles. The first-order valence-electron chi connectivity index (χ1n) is 13.1. The number of carbonyl (C=O) groups is 1. The first kappa shape index (κ1) is 37.0. The number of rotatable bonds is 10. The molecule has 222 valence electrons. The first-order chi connectivity index (χ1) is 19.6. The average molecular weight is 565 g/mol. The van der Waals surface area contributed by atoms with Gasteiger partial charge in [-0.3, -0.25) is 4.79 Å². The summed E-state index contributed by atoms with van der Waals surface area (Å²) in [6.45, 7) is 10.6. The van der Waals surface area contributed by atoms with E-state index in [9.17, 15) is 4.79 Å². The molecule has 0 atom stereocenters. The van der Waals surface area contributed by atoms with Crippen molar-refractivity contribution in [1.29, 1.82) is 0 Å². The standard InChI is InChI=1S/C16H21NO3.C12H11NO2.C4H8O.CH4/c1-5-8-15(17-18-4)13-9-11-14(12-10-13)16(19-6-2)20-7-3;1-3-4-12(13-15-2)11-7-5-10(9-14)6-8-11;1-2-4-5-3-1;/h9-12,16H,6-7H2,1-4H3;5-9H,1-2H3;1-4H2;1H4/b17-15-;13-12-;;. The largest absolute Gasteiger partial charge is 0.398 e. The van der Waals surface area contributed by atoms with Crippen molar-refractivity contribution in [2.45, 2.75) is 54.3 Å². The van der Waals surface area contributed by atoms with Crippen molar-refractivity contribution in [3.8, 4) is 23.7 Å². The predicted octanol–water partition coefficient (Wildman–Crippen LogP) is 6.44. The van der Waals surface area contributed by atoms with Gasteiger partial charge in [0, 0.05) is 48.7 Å². The van der Waals surface area contributed by atoms with E-state index in [2.05, 4.69) is 38.8 Å². The molecule has 0 N–H and O–H groups in total. The van der Waals surface area contributed by atoms with Gasteiger partial charge in [-0.1, -0.05) is 78.1 Å². The van der Waals surface area contributed by atoms with Crippen LogP contribution in [0.15, 0.2) is 58.8 Å². The minimum atomic E-state index is -0.334. The summed E-state index contributed by atoms with van der Waals surface area (Å²) in [5.74, 6) is 11.3. The molecule has 1 heterocycles. The lowest BCUT2D eigenvalue weighted by Crippen LogP contribution is -2.09. The van der Waals surface area contributed by atoms with Crippen LogP contribution in [0.3, 0.4) is 0 Å². The molecule has 1 aliphatic heterocycles. The van der Waals surface area contributed by atoms with E-state index in [-0.39, 0.29) is 13.7 Å². The topological polar surface area (TPSA) is 87.9 Å². The lowest BCUT2D eigenvalue weighted by Gasteiger charge is -2.17. The summed E-state index contributed by atoms with van der Waals surface area (Å²) in [6, 6.07) is 14.8. The van der Waals surface area contributed by atoms with Gasteiger partial charge in [-0.25, -0.2) is 0 Å². The van der Waals surface area contributed by atoms with E-state index in [4.69, 9.17) is 19.0 Å². The summed E-state index contributed by atoms with van der Waals surface area (Å²) < 4.78 is 16.1. The van der Waals surface area contributed by atoms with E-state index in [0.717, 1.165) is 36.2 Å². The van der Waals surface area contributed by atoms with E-state index < -0.39 is 0 Å². The van der Waals surface area contributed by atoms with Gasteiger partial charge in [-0.2, -0.15) is 0 Å². The number of benzene rings is 2. The van der Waals surface area contributed by atoms with Gasteiger partial charge in [0.25, 0.3) is 0 Å². The van der Waals surface area contributed by atoms with Crippen LogP contribution in [0.1, 0.15) is 81.3 Å². The van der Waals surface area contributed by atoms with Crippen molar-refractivity contribution in [3.05, 3.63) is 70.8 Å². The van der Waals surface area contributed by atoms with E-state index in [1.165, 1.54) is 27.1 Å². The van der Waals surface area contributed by atoms with Crippen LogP contribution >= 0.6 is 0 Å². The zero-order chi connectivity index (χ0) is 29.4. The minimum absolute atomic E-state index is 0. The summed E-state index contributed by atoms with van der Waals surface area (Å²) in [5.41, 5.74) is 4.48. The zero-order valence-corrected chi connectivity index (χ0v) is 24.4. The van der Waals surface area contributed by atoms with Crippen LogP contribution in [0.25, 0.3) is 0 Å². The van der Waals surface area contributed by atoms with Gasteiger partial charge in [0.05, 0.1) is 0 Å². The molecule has 2 aromatic rings. The highest BCUT2D eigenvalue weighted by Crippen LogP contribution is 2.19. The molecular weight excluding hydrogens is 520 g/mol. The molecule has 8 heteroatoms. The lowest BCUT2D eigenvalue weighted by molar-refractivity contribution is -0.140. The summed E-state index contributed by atoms with van der Waals surface area (Å²) in [5, 5.41) is 7.71. The average Bonchev–Trinajstić information content (AvgIpc) is 3.58. The Bertz CT molecular complexity index is 1150. The highest BCUT2D eigenvalue weighted by Gasteiger charge is 2.11. The molecule has 0 amide bonds. The Labute approximate surface area is 246 Å².